The third kappa shape index (κ3) is 2.97. The highest BCUT2D eigenvalue weighted by Crippen LogP contribution is 2.08. The van der Waals surface area contributed by atoms with E-state index in [1.54, 1.807) is 0 Å². The Bertz CT molecular complexity index is 317. The van der Waals surface area contributed by atoms with Gasteiger partial charge in [-0.2, -0.15) is 5.10 Å². The molecule has 0 spiro atoms. The van der Waals surface area contributed by atoms with Gasteiger partial charge in [0, 0.05) is 6.54 Å². The molecule has 0 fully saturated rings. The third-order valence-electron chi connectivity index (χ3n) is 2.62. The molecule has 0 radical (unpaired) electrons. The number of amides is 1. The van der Waals surface area contributed by atoms with Crippen molar-refractivity contribution in [3.05, 3.63) is 11.8 Å². The van der Waals surface area contributed by atoms with Crippen LogP contribution in [0.4, 0.5) is 5.82 Å². The normalized spacial score (nSPS) is 10.6. The van der Waals surface area contributed by atoms with Gasteiger partial charge >= 0.3 is 0 Å². The fourth-order valence-electron chi connectivity index (χ4n) is 1.39. The quantitative estimate of drug-likeness (QED) is 0.681. The predicted molar refractivity (Wildman–Crippen MR) is 59.4 cm³/mol. The topological polar surface area (TPSA) is 83.8 Å². The molecule has 0 aliphatic heterocycles. The van der Waals surface area contributed by atoms with Crippen molar-refractivity contribution >= 4 is 11.7 Å². The van der Waals surface area contributed by atoms with Gasteiger partial charge in [-0.25, -0.2) is 0 Å². The van der Waals surface area contributed by atoms with Crippen LogP contribution in [0, 0.1) is 5.92 Å². The lowest BCUT2D eigenvalue weighted by atomic mass is 10.0. The molecule has 0 aliphatic rings. The van der Waals surface area contributed by atoms with Crippen molar-refractivity contribution < 1.29 is 4.79 Å². The highest BCUT2D eigenvalue weighted by molar-refractivity contribution is 5.98. The molecule has 0 bridgehead atoms. The Hall–Kier alpha value is -1.52. The maximum atomic E-state index is 11.6. The van der Waals surface area contributed by atoms with Gasteiger partial charge in [0.25, 0.3) is 5.91 Å². The average Bonchev–Trinajstić information content (AvgIpc) is 2.66. The Kier molecular flexibility index (Phi) is 4.15. The van der Waals surface area contributed by atoms with Gasteiger partial charge in [-0.05, 0) is 5.92 Å². The molecule has 1 rings (SSSR count). The van der Waals surface area contributed by atoms with E-state index in [1.807, 2.05) is 0 Å². The minimum atomic E-state index is -0.159. The molecular formula is C10H18N4O. The summed E-state index contributed by atoms with van der Waals surface area (Å²) < 4.78 is 0. The van der Waals surface area contributed by atoms with Crippen LogP contribution in [0.2, 0.25) is 0 Å². The van der Waals surface area contributed by atoms with Crippen molar-refractivity contribution in [3.63, 3.8) is 0 Å². The van der Waals surface area contributed by atoms with Crippen LogP contribution in [-0.2, 0) is 0 Å². The predicted octanol–water partition coefficient (Wildman–Crippen LogP) is 1.16. The van der Waals surface area contributed by atoms with Crippen LogP contribution < -0.4 is 11.1 Å². The van der Waals surface area contributed by atoms with E-state index in [2.05, 4.69) is 29.4 Å². The zero-order valence-electron chi connectivity index (χ0n) is 9.21. The third-order valence-corrected chi connectivity index (χ3v) is 2.62. The number of aromatic amines is 1. The molecule has 0 aromatic carbocycles. The van der Waals surface area contributed by atoms with E-state index in [9.17, 15) is 4.79 Å². The lowest BCUT2D eigenvalue weighted by Crippen LogP contribution is -2.29. The number of hydrogen-bond acceptors (Lipinski definition) is 3. The summed E-state index contributed by atoms with van der Waals surface area (Å²) in [4.78, 5) is 11.6. The van der Waals surface area contributed by atoms with Gasteiger partial charge in [0.05, 0.1) is 6.20 Å². The van der Waals surface area contributed by atoms with Crippen molar-refractivity contribution in [2.45, 2.75) is 26.7 Å². The van der Waals surface area contributed by atoms with Crippen molar-refractivity contribution in [2.24, 2.45) is 5.92 Å². The zero-order valence-corrected chi connectivity index (χ0v) is 9.21. The van der Waals surface area contributed by atoms with E-state index in [1.165, 1.54) is 6.20 Å². The first-order valence-corrected chi connectivity index (χ1v) is 5.26. The highest BCUT2D eigenvalue weighted by Gasteiger charge is 2.12. The summed E-state index contributed by atoms with van der Waals surface area (Å²) in [6, 6.07) is 0. The van der Waals surface area contributed by atoms with Crippen LogP contribution in [0.25, 0.3) is 0 Å². The van der Waals surface area contributed by atoms with Crippen LogP contribution in [0.1, 0.15) is 37.0 Å². The number of carbonyl (C=O) groups is 1. The van der Waals surface area contributed by atoms with Gasteiger partial charge < -0.3 is 11.1 Å². The lowest BCUT2D eigenvalue weighted by Gasteiger charge is -2.12. The Morgan fingerprint density at radius 2 is 2.27 bits per heavy atom. The number of anilines is 1. The SMILES string of the molecule is CCC(CC)CNC(=O)c1cn[nH]c1N. The molecule has 1 heterocycles. The summed E-state index contributed by atoms with van der Waals surface area (Å²) in [6.45, 7) is 4.93. The molecule has 5 nitrogen and oxygen atoms in total. The summed E-state index contributed by atoms with van der Waals surface area (Å²) in [6.07, 6.45) is 3.58. The maximum Gasteiger partial charge on any atom is 0.256 e. The molecule has 84 valence electrons. The summed E-state index contributed by atoms with van der Waals surface area (Å²) in [5.74, 6) is 0.687. The molecule has 1 aromatic rings. The van der Waals surface area contributed by atoms with Crippen molar-refractivity contribution in [2.75, 3.05) is 12.3 Å². The molecule has 5 heteroatoms. The Morgan fingerprint density at radius 1 is 1.60 bits per heavy atom. The first-order valence-electron chi connectivity index (χ1n) is 5.26. The molecule has 0 unspecified atom stereocenters. The number of carbonyl (C=O) groups excluding carboxylic acids is 1. The van der Waals surface area contributed by atoms with Gasteiger partial charge in [0.15, 0.2) is 0 Å². The zero-order chi connectivity index (χ0) is 11.3. The van der Waals surface area contributed by atoms with Crippen LogP contribution >= 0.6 is 0 Å². The molecule has 0 aliphatic carbocycles. The number of H-pyrrole nitrogens is 1. The highest BCUT2D eigenvalue weighted by atomic mass is 16.1. The smallest absolute Gasteiger partial charge is 0.256 e. The van der Waals surface area contributed by atoms with Gasteiger partial charge in [0.1, 0.15) is 11.4 Å². The number of nitrogens with zero attached hydrogens (tertiary/aromatic N) is 1. The largest absolute Gasteiger partial charge is 0.383 e. The van der Waals surface area contributed by atoms with E-state index < -0.39 is 0 Å². The summed E-state index contributed by atoms with van der Waals surface area (Å²) in [7, 11) is 0. The second-order valence-corrected chi connectivity index (χ2v) is 3.59. The van der Waals surface area contributed by atoms with Gasteiger partial charge in [0.2, 0.25) is 0 Å². The molecule has 4 N–H and O–H groups in total. The van der Waals surface area contributed by atoms with E-state index in [0.717, 1.165) is 12.8 Å². The number of nitrogens with one attached hydrogen (secondary N) is 2. The van der Waals surface area contributed by atoms with Gasteiger partial charge in [-0.15, -0.1) is 0 Å². The lowest BCUT2D eigenvalue weighted by molar-refractivity contribution is 0.0947. The van der Waals surface area contributed by atoms with E-state index in [4.69, 9.17) is 5.73 Å². The van der Waals surface area contributed by atoms with E-state index in [-0.39, 0.29) is 5.91 Å². The summed E-state index contributed by atoms with van der Waals surface area (Å²) in [5, 5.41) is 9.08. The minimum absolute atomic E-state index is 0.159. The van der Waals surface area contributed by atoms with Crippen LogP contribution in [0.15, 0.2) is 6.20 Å². The second-order valence-electron chi connectivity index (χ2n) is 3.59. The molecule has 15 heavy (non-hydrogen) atoms. The van der Waals surface area contributed by atoms with E-state index >= 15 is 0 Å². The maximum absolute atomic E-state index is 11.6. The van der Waals surface area contributed by atoms with Crippen molar-refractivity contribution in [1.82, 2.24) is 15.5 Å². The van der Waals surface area contributed by atoms with Gasteiger partial charge in [-0.1, -0.05) is 26.7 Å². The van der Waals surface area contributed by atoms with Crippen LogP contribution in [0.5, 0.6) is 0 Å². The molecular weight excluding hydrogens is 192 g/mol. The summed E-state index contributed by atoms with van der Waals surface area (Å²) >= 11 is 0. The van der Waals surface area contributed by atoms with Crippen LogP contribution in [-0.4, -0.2) is 22.6 Å². The summed E-state index contributed by atoms with van der Waals surface area (Å²) in [5.41, 5.74) is 5.95. The number of hydrogen-bond donors (Lipinski definition) is 3. The molecule has 0 atom stereocenters. The second kappa shape index (κ2) is 5.38. The monoisotopic (exact) mass is 210 g/mol. The van der Waals surface area contributed by atoms with Crippen molar-refractivity contribution in [1.29, 1.82) is 0 Å². The first-order chi connectivity index (χ1) is 7.19. The minimum Gasteiger partial charge on any atom is -0.383 e. The Balaban J connectivity index is 2.47. The standard InChI is InChI=1S/C10H18N4O/c1-3-7(4-2)5-12-10(15)8-6-13-14-9(8)11/h6-7H,3-5H2,1-2H3,(H,12,15)(H3,11,13,14). The molecule has 0 saturated heterocycles. The fraction of sp³-hybridized carbons (Fsp3) is 0.600. The Morgan fingerprint density at radius 3 is 2.73 bits per heavy atom. The average molecular weight is 210 g/mol. The van der Waals surface area contributed by atoms with Crippen molar-refractivity contribution in [3.8, 4) is 0 Å². The Labute approximate surface area is 89.4 Å². The number of aromatic nitrogens is 2. The van der Waals surface area contributed by atoms with Crippen LogP contribution in [0.3, 0.4) is 0 Å². The van der Waals surface area contributed by atoms with E-state index in [0.29, 0.717) is 23.8 Å². The van der Waals surface area contributed by atoms with Gasteiger partial charge in [-0.3, -0.25) is 9.89 Å². The first kappa shape index (κ1) is 11.6. The number of rotatable bonds is 5. The fourth-order valence-corrected chi connectivity index (χ4v) is 1.39. The molecule has 0 saturated carbocycles. The molecule has 1 aromatic heterocycles. The molecule has 1 amide bonds. The number of nitrogens with two attached hydrogens (primary N) is 1. The number of nitrogen functional groups attached to an aromatic ring is 1.